The van der Waals surface area contributed by atoms with Crippen molar-refractivity contribution < 1.29 is 4.74 Å². The fourth-order valence-electron chi connectivity index (χ4n) is 9.88. The van der Waals surface area contributed by atoms with Crippen LogP contribution in [0.3, 0.4) is 0 Å². The number of hydrogen-bond acceptors (Lipinski definition) is 4. The van der Waals surface area contributed by atoms with Crippen molar-refractivity contribution in [3.63, 3.8) is 0 Å². The number of hydrogen-bond donors (Lipinski definition) is 0. The monoisotopic (exact) mass is 813 g/mol. The molecule has 1 aliphatic rings. The van der Waals surface area contributed by atoms with Crippen LogP contribution in [0.25, 0.3) is 50.0 Å². The van der Waals surface area contributed by atoms with Crippen LogP contribution in [-0.2, 0) is 7.05 Å². The number of aromatic nitrogens is 4. The highest BCUT2D eigenvalue weighted by Crippen LogP contribution is 2.46. The zero-order chi connectivity index (χ0) is 41.2. The first-order chi connectivity index (χ1) is 30.7. The van der Waals surface area contributed by atoms with E-state index >= 15 is 0 Å². The number of anilines is 3. The minimum atomic E-state index is -2.96. The Bertz CT molecular complexity index is 3420. The lowest BCUT2D eigenvalue weighted by atomic mass is 10.1. The van der Waals surface area contributed by atoms with Gasteiger partial charge in [-0.2, -0.15) is 0 Å². The molecule has 0 spiro atoms. The molecule has 1 aliphatic heterocycles. The number of rotatable bonds is 7. The molecule has 0 fully saturated rings. The molecule has 0 aliphatic carbocycles. The number of fused-ring (bicyclic) bond motifs is 7. The maximum absolute atomic E-state index is 6.77. The summed E-state index contributed by atoms with van der Waals surface area (Å²) in [5, 5.41) is 7.61. The SMILES string of the molecule is Cn1c(-c2cccc(Oc3ccc4c5ccc6c(c5n(-c5ccccn5)c4c3)N(c3ccccc3)c3ccccc3[Si]6(c3ccccc3)c3ccccc3)c2)nc2ccccc21. The summed E-state index contributed by atoms with van der Waals surface area (Å²) in [5.74, 6) is 3.19. The molecule has 4 heterocycles. The van der Waals surface area contributed by atoms with Gasteiger partial charge in [-0.05, 0) is 87.5 Å². The number of para-hydroxylation sites is 4. The van der Waals surface area contributed by atoms with E-state index in [0.29, 0.717) is 0 Å². The second kappa shape index (κ2) is 14.3. The zero-order valence-corrected chi connectivity index (χ0v) is 34.9. The molecule has 12 rings (SSSR count). The van der Waals surface area contributed by atoms with Gasteiger partial charge in [0.05, 0.1) is 27.8 Å². The summed E-state index contributed by atoms with van der Waals surface area (Å²) in [6.45, 7) is 0. The molecule has 0 radical (unpaired) electrons. The van der Waals surface area contributed by atoms with Crippen molar-refractivity contribution in [3.05, 3.63) is 219 Å². The van der Waals surface area contributed by atoms with E-state index in [4.69, 9.17) is 14.7 Å². The lowest BCUT2D eigenvalue weighted by molar-refractivity contribution is 0.483. The van der Waals surface area contributed by atoms with Gasteiger partial charge in [0.15, 0.2) is 8.07 Å². The molecule has 0 saturated carbocycles. The lowest BCUT2D eigenvalue weighted by Crippen LogP contribution is -2.77. The first-order valence-corrected chi connectivity index (χ1v) is 23.0. The predicted molar refractivity (Wildman–Crippen MR) is 257 cm³/mol. The van der Waals surface area contributed by atoms with Crippen LogP contribution in [0.15, 0.2) is 219 Å². The van der Waals surface area contributed by atoms with Crippen molar-refractivity contribution in [1.82, 2.24) is 19.1 Å². The van der Waals surface area contributed by atoms with E-state index in [1.165, 1.54) is 26.4 Å². The molecule has 0 N–H and O–H groups in total. The minimum absolute atomic E-state index is 0.732. The Morgan fingerprint density at radius 2 is 1.19 bits per heavy atom. The Morgan fingerprint density at radius 1 is 0.516 bits per heavy atom. The standard InChI is InChI=1S/C55H39N5OSi/c1-58-47-27-12-11-26-46(47)57-55(58)38-18-17-21-40(36-38)61-41-31-32-44-45-33-34-51-54(53(45)60(49(44)37-41)52-30-15-16-35-56-52)59(39-19-5-2-6-20-39)48-28-13-14-29-50(48)62(51,42-22-7-3-8-23-42)43-24-9-4-10-25-43/h2-37H,1H3. The third-order valence-corrected chi connectivity index (χ3v) is 17.3. The third kappa shape index (κ3) is 5.42. The van der Waals surface area contributed by atoms with Gasteiger partial charge in [-0.1, -0.05) is 140 Å². The van der Waals surface area contributed by atoms with Gasteiger partial charge in [-0.15, -0.1) is 0 Å². The first kappa shape index (κ1) is 35.9. The van der Waals surface area contributed by atoms with Crippen LogP contribution in [0, 0.1) is 0 Å². The Balaban J connectivity index is 1.14. The number of aryl methyl sites for hydroxylation is 1. The summed E-state index contributed by atoms with van der Waals surface area (Å²) >= 11 is 0. The van der Waals surface area contributed by atoms with E-state index in [2.05, 4.69) is 203 Å². The Labute approximate surface area is 360 Å². The predicted octanol–water partition coefficient (Wildman–Crippen LogP) is 10.7. The quantitative estimate of drug-likeness (QED) is 0.150. The van der Waals surface area contributed by atoms with Gasteiger partial charge in [0.2, 0.25) is 0 Å². The fourth-order valence-corrected chi connectivity index (χ4v) is 15.0. The fraction of sp³-hybridized carbons (Fsp3) is 0.0182. The van der Waals surface area contributed by atoms with Gasteiger partial charge in [0.1, 0.15) is 23.1 Å². The Kier molecular flexibility index (Phi) is 8.30. The highest BCUT2D eigenvalue weighted by atomic mass is 28.3. The second-order valence-electron chi connectivity index (χ2n) is 15.8. The smallest absolute Gasteiger partial charge is 0.184 e. The molecule has 62 heavy (non-hydrogen) atoms. The van der Waals surface area contributed by atoms with Gasteiger partial charge in [-0.25, -0.2) is 9.97 Å². The van der Waals surface area contributed by atoms with Crippen LogP contribution in [-0.4, -0.2) is 27.2 Å². The maximum atomic E-state index is 6.77. The molecule has 8 aromatic carbocycles. The van der Waals surface area contributed by atoms with Crippen molar-refractivity contribution in [2.45, 2.75) is 0 Å². The van der Waals surface area contributed by atoms with Gasteiger partial charge in [-0.3, -0.25) is 4.57 Å². The highest BCUT2D eigenvalue weighted by Gasteiger charge is 2.49. The number of ether oxygens (including phenoxy) is 1. The minimum Gasteiger partial charge on any atom is -0.457 e. The Morgan fingerprint density at radius 3 is 1.95 bits per heavy atom. The molecule has 0 saturated heterocycles. The largest absolute Gasteiger partial charge is 0.457 e. The van der Waals surface area contributed by atoms with E-state index in [0.717, 1.165) is 72.9 Å². The summed E-state index contributed by atoms with van der Waals surface area (Å²) in [6, 6.07) is 76.1. The van der Waals surface area contributed by atoms with Gasteiger partial charge >= 0.3 is 0 Å². The average Bonchev–Trinajstić information content (AvgIpc) is 3.86. The summed E-state index contributed by atoms with van der Waals surface area (Å²) < 4.78 is 11.3. The summed E-state index contributed by atoms with van der Waals surface area (Å²) in [6.07, 6.45) is 1.88. The lowest BCUT2D eigenvalue weighted by Gasteiger charge is -2.45. The van der Waals surface area contributed by atoms with Crippen LogP contribution in [0.4, 0.5) is 17.1 Å². The van der Waals surface area contributed by atoms with Gasteiger partial charge in [0, 0.05) is 47.0 Å². The second-order valence-corrected chi connectivity index (χ2v) is 19.6. The van der Waals surface area contributed by atoms with E-state index in [1.54, 1.807) is 0 Å². The van der Waals surface area contributed by atoms with E-state index < -0.39 is 8.07 Å². The molecule has 0 unspecified atom stereocenters. The molecule has 294 valence electrons. The zero-order valence-electron chi connectivity index (χ0n) is 33.9. The normalized spacial score (nSPS) is 13.0. The summed E-state index contributed by atoms with van der Waals surface area (Å²) in [7, 11) is -0.898. The summed E-state index contributed by atoms with van der Waals surface area (Å²) in [4.78, 5) is 12.5. The summed E-state index contributed by atoms with van der Waals surface area (Å²) in [5.41, 5.74) is 8.58. The molecule has 0 bridgehead atoms. The molecule has 3 aromatic heterocycles. The van der Waals surface area contributed by atoms with Crippen molar-refractivity contribution >= 4 is 78.7 Å². The molecule has 6 nitrogen and oxygen atoms in total. The molecular weight excluding hydrogens is 775 g/mol. The number of imidazole rings is 1. The first-order valence-electron chi connectivity index (χ1n) is 21.0. The molecule has 0 atom stereocenters. The van der Waals surface area contributed by atoms with Crippen LogP contribution in [0.1, 0.15) is 0 Å². The number of nitrogens with zero attached hydrogens (tertiary/aromatic N) is 5. The van der Waals surface area contributed by atoms with E-state index in [9.17, 15) is 0 Å². The average molecular weight is 814 g/mol. The van der Waals surface area contributed by atoms with Gasteiger partial charge < -0.3 is 14.2 Å². The topological polar surface area (TPSA) is 48.1 Å². The molecular formula is C55H39N5OSi. The molecule has 7 heteroatoms. The van der Waals surface area contributed by atoms with E-state index in [1.807, 2.05) is 36.5 Å². The van der Waals surface area contributed by atoms with Crippen molar-refractivity contribution in [2.24, 2.45) is 7.05 Å². The van der Waals surface area contributed by atoms with E-state index in [-0.39, 0.29) is 0 Å². The van der Waals surface area contributed by atoms with Crippen molar-refractivity contribution in [1.29, 1.82) is 0 Å². The highest BCUT2D eigenvalue weighted by molar-refractivity contribution is 7.21. The van der Waals surface area contributed by atoms with Crippen molar-refractivity contribution in [3.8, 4) is 28.7 Å². The number of pyridine rings is 1. The molecule has 0 amide bonds. The van der Waals surface area contributed by atoms with Crippen molar-refractivity contribution in [2.75, 3.05) is 4.90 Å². The van der Waals surface area contributed by atoms with Crippen LogP contribution in [0.2, 0.25) is 0 Å². The van der Waals surface area contributed by atoms with Crippen LogP contribution in [0.5, 0.6) is 11.5 Å². The number of benzene rings is 8. The Hall–Kier alpha value is -8.00. The van der Waals surface area contributed by atoms with Gasteiger partial charge in [0.25, 0.3) is 0 Å². The maximum Gasteiger partial charge on any atom is 0.184 e. The van der Waals surface area contributed by atoms with Crippen LogP contribution >= 0.6 is 0 Å². The third-order valence-electron chi connectivity index (χ3n) is 12.5. The molecule has 11 aromatic rings. The van der Waals surface area contributed by atoms with Crippen LogP contribution < -0.4 is 30.4 Å².